The van der Waals surface area contributed by atoms with E-state index in [9.17, 15) is 9.18 Å². The molecular formula is C22H16ClFN4O. The number of benzene rings is 2. The van der Waals surface area contributed by atoms with Gasteiger partial charge in [0.15, 0.2) is 0 Å². The maximum atomic E-state index is 13.4. The molecule has 0 radical (unpaired) electrons. The van der Waals surface area contributed by atoms with Crippen LogP contribution in [0.2, 0.25) is 5.02 Å². The average molecular weight is 407 g/mol. The lowest BCUT2D eigenvalue weighted by Crippen LogP contribution is -2.30. The van der Waals surface area contributed by atoms with Gasteiger partial charge in [0.1, 0.15) is 18.0 Å². The summed E-state index contributed by atoms with van der Waals surface area (Å²) in [7, 11) is 0. The predicted octanol–water partition coefficient (Wildman–Crippen LogP) is 4.91. The van der Waals surface area contributed by atoms with Crippen molar-refractivity contribution in [2.45, 2.75) is 6.54 Å². The van der Waals surface area contributed by atoms with Gasteiger partial charge in [-0.3, -0.25) is 9.36 Å². The second-order valence-electron chi connectivity index (χ2n) is 6.37. The summed E-state index contributed by atoms with van der Waals surface area (Å²) in [5, 5.41) is 0.550. The van der Waals surface area contributed by atoms with Crippen molar-refractivity contribution in [1.82, 2.24) is 14.5 Å². The third-order valence-electron chi connectivity index (χ3n) is 4.39. The number of carbonyl (C=O) groups is 1. The van der Waals surface area contributed by atoms with Crippen LogP contribution in [-0.2, 0) is 6.54 Å². The molecule has 0 N–H and O–H groups in total. The first-order valence-electron chi connectivity index (χ1n) is 8.86. The zero-order valence-electron chi connectivity index (χ0n) is 15.2. The number of pyridine rings is 1. The summed E-state index contributed by atoms with van der Waals surface area (Å²) < 4.78 is 15.2. The molecule has 0 saturated carbocycles. The van der Waals surface area contributed by atoms with E-state index in [1.165, 1.54) is 12.1 Å². The molecule has 7 heteroatoms. The maximum Gasteiger partial charge on any atom is 0.258 e. The number of amides is 1. The second-order valence-corrected chi connectivity index (χ2v) is 6.81. The lowest BCUT2D eigenvalue weighted by atomic mass is 10.1. The van der Waals surface area contributed by atoms with E-state index in [0.29, 0.717) is 16.3 Å². The van der Waals surface area contributed by atoms with Crippen molar-refractivity contribution in [2.75, 3.05) is 4.90 Å². The molecule has 0 spiro atoms. The van der Waals surface area contributed by atoms with Crippen molar-refractivity contribution in [3.63, 3.8) is 0 Å². The lowest BCUT2D eigenvalue weighted by Gasteiger charge is -2.23. The number of imidazole rings is 1. The van der Waals surface area contributed by atoms with Crippen LogP contribution in [0.25, 0.3) is 5.82 Å². The Kier molecular flexibility index (Phi) is 5.35. The molecule has 0 aliphatic rings. The van der Waals surface area contributed by atoms with Crippen LogP contribution in [-0.4, -0.2) is 20.4 Å². The molecule has 0 atom stereocenters. The van der Waals surface area contributed by atoms with E-state index in [0.717, 1.165) is 11.4 Å². The number of aromatic nitrogens is 3. The van der Waals surface area contributed by atoms with E-state index in [1.54, 1.807) is 70.8 Å². The molecule has 0 bridgehead atoms. The summed E-state index contributed by atoms with van der Waals surface area (Å²) in [4.78, 5) is 23.2. The number of hydrogen-bond donors (Lipinski definition) is 0. The number of rotatable bonds is 5. The van der Waals surface area contributed by atoms with Gasteiger partial charge in [-0.15, -0.1) is 0 Å². The van der Waals surface area contributed by atoms with Crippen LogP contribution in [0.3, 0.4) is 0 Å². The van der Waals surface area contributed by atoms with Crippen molar-refractivity contribution < 1.29 is 9.18 Å². The highest BCUT2D eigenvalue weighted by molar-refractivity contribution is 6.30. The minimum atomic E-state index is -0.362. The van der Waals surface area contributed by atoms with Crippen LogP contribution in [0.4, 0.5) is 10.1 Å². The van der Waals surface area contributed by atoms with Crippen LogP contribution in [0, 0.1) is 5.82 Å². The first-order valence-corrected chi connectivity index (χ1v) is 9.24. The van der Waals surface area contributed by atoms with Gasteiger partial charge in [0.25, 0.3) is 5.91 Å². The molecular weight excluding hydrogens is 391 g/mol. The maximum absolute atomic E-state index is 13.4. The Morgan fingerprint density at radius 1 is 1.03 bits per heavy atom. The van der Waals surface area contributed by atoms with Gasteiger partial charge in [0.05, 0.1) is 6.54 Å². The molecule has 0 aliphatic carbocycles. The van der Waals surface area contributed by atoms with E-state index < -0.39 is 0 Å². The van der Waals surface area contributed by atoms with Gasteiger partial charge in [-0.05, 0) is 60.2 Å². The Hall–Kier alpha value is -3.51. The zero-order chi connectivity index (χ0) is 20.2. The van der Waals surface area contributed by atoms with Gasteiger partial charge in [-0.1, -0.05) is 17.7 Å². The molecule has 29 heavy (non-hydrogen) atoms. The van der Waals surface area contributed by atoms with Gasteiger partial charge < -0.3 is 4.90 Å². The third kappa shape index (κ3) is 4.33. The van der Waals surface area contributed by atoms with Crippen molar-refractivity contribution in [3.05, 3.63) is 108 Å². The molecule has 4 aromatic rings. The smallest absolute Gasteiger partial charge is 0.258 e. The molecule has 2 heterocycles. The number of anilines is 1. The van der Waals surface area contributed by atoms with Crippen LogP contribution < -0.4 is 4.90 Å². The molecule has 2 aromatic carbocycles. The van der Waals surface area contributed by atoms with Crippen molar-refractivity contribution in [3.8, 4) is 5.82 Å². The van der Waals surface area contributed by atoms with E-state index in [2.05, 4.69) is 9.97 Å². The monoisotopic (exact) mass is 406 g/mol. The molecule has 0 aliphatic heterocycles. The second kappa shape index (κ2) is 8.24. The quantitative estimate of drug-likeness (QED) is 0.473. The largest absolute Gasteiger partial charge is 0.304 e. The van der Waals surface area contributed by atoms with Gasteiger partial charge in [-0.25, -0.2) is 14.4 Å². The summed E-state index contributed by atoms with van der Waals surface area (Å²) in [6.45, 7) is 0.282. The topological polar surface area (TPSA) is 51.0 Å². The molecule has 2 aromatic heterocycles. The summed E-state index contributed by atoms with van der Waals surface area (Å²) in [6, 6.07) is 16.2. The minimum Gasteiger partial charge on any atom is -0.304 e. The Morgan fingerprint density at radius 3 is 2.41 bits per heavy atom. The van der Waals surface area contributed by atoms with Gasteiger partial charge in [-0.2, -0.15) is 0 Å². The van der Waals surface area contributed by atoms with Crippen molar-refractivity contribution in [1.29, 1.82) is 0 Å². The molecule has 1 amide bonds. The Morgan fingerprint density at radius 2 is 1.79 bits per heavy atom. The van der Waals surface area contributed by atoms with E-state index in [4.69, 9.17) is 11.6 Å². The summed E-state index contributed by atoms with van der Waals surface area (Å²) >= 11 is 5.94. The Balaban J connectivity index is 1.64. The third-order valence-corrected chi connectivity index (χ3v) is 4.65. The van der Waals surface area contributed by atoms with Crippen LogP contribution >= 0.6 is 11.6 Å². The fourth-order valence-electron chi connectivity index (χ4n) is 2.89. The van der Waals surface area contributed by atoms with Crippen molar-refractivity contribution in [2.24, 2.45) is 0 Å². The van der Waals surface area contributed by atoms with E-state index in [1.807, 2.05) is 12.1 Å². The molecule has 0 saturated heterocycles. The highest BCUT2D eigenvalue weighted by Gasteiger charge is 2.18. The normalized spacial score (nSPS) is 10.7. The lowest BCUT2D eigenvalue weighted by molar-refractivity contribution is 0.0985. The first-order chi connectivity index (χ1) is 14.1. The Labute approximate surface area is 172 Å². The molecule has 5 nitrogen and oxygen atoms in total. The number of nitrogens with zero attached hydrogens (tertiary/aromatic N) is 4. The Bertz CT molecular complexity index is 1100. The highest BCUT2D eigenvalue weighted by atomic mass is 35.5. The van der Waals surface area contributed by atoms with E-state index >= 15 is 0 Å². The SMILES string of the molecule is O=C(c1ccc(Cl)cc1)N(Cc1ccc(-n2ccnc2)nc1)c1ccc(F)cc1. The predicted molar refractivity (Wildman–Crippen MR) is 110 cm³/mol. The molecule has 4 rings (SSSR count). The highest BCUT2D eigenvalue weighted by Crippen LogP contribution is 2.22. The van der Waals surface area contributed by atoms with Crippen molar-refractivity contribution >= 4 is 23.2 Å². The molecule has 144 valence electrons. The average Bonchev–Trinajstić information content (AvgIpc) is 3.28. The van der Waals surface area contributed by atoms with Crippen LogP contribution in [0.1, 0.15) is 15.9 Å². The van der Waals surface area contributed by atoms with Gasteiger partial charge in [0.2, 0.25) is 0 Å². The molecule has 0 unspecified atom stereocenters. The van der Waals surface area contributed by atoms with Gasteiger partial charge >= 0.3 is 0 Å². The fraction of sp³-hybridized carbons (Fsp3) is 0.0455. The number of halogens is 2. The standard InChI is InChI=1S/C22H16ClFN4O/c23-18-4-2-17(3-5-18)22(29)28(20-8-6-19(24)7-9-20)14-16-1-10-21(26-13-16)27-12-11-25-15-27/h1-13,15H,14H2. The summed E-state index contributed by atoms with van der Waals surface area (Å²) in [5.41, 5.74) is 1.91. The number of carbonyl (C=O) groups excluding carboxylic acids is 1. The summed E-state index contributed by atoms with van der Waals surface area (Å²) in [5.74, 6) is 0.148. The minimum absolute atomic E-state index is 0.216. The van der Waals surface area contributed by atoms with Crippen LogP contribution in [0.5, 0.6) is 0 Å². The van der Waals surface area contributed by atoms with Gasteiger partial charge in [0, 0.05) is 34.9 Å². The van der Waals surface area contributed by atoms with Crippen LogP contribution in [0.15, 0.2) is 85.6 Å². The fourth-order valence-corrected chi connectivity index (χ4v) is 3.02. The summed E-state index contributed by atoms with van der Waals surface area (Å²) in [6.07, 6.45) is 6.85. The number of hydrogen-bond acceptors (Lipinski definition) is 3. The first kappa shape index (κ1) is 18.8. The van der Waals surface area contributed by atoms with E-state index in [-0.39, 0.29) is 18.3 Å². The molecule has 0 fully saturated rings. The zero-order valence-corrected chi connectivity index (χ0v) is 16.0.